The normalized spacial score (nSPS) is 20.4. The Morgan fingerprint density at radius 2 is 1.95 bits per heavy atom. The molecule has 0 fully saturated rings. The van der Waals surface area contributed by atoms with Crippen LogP contribution in [-0.4, -0.2) is 66.0 Å². The topological polar surface area (TPSA) is 134 Å². The van der Waals surface area contributed by atoms with Crippen molar-refractivity contribution in [3.8, 4) is 0 Å². The number of carboxylic acid groups (broad SMARTS) is 1. The Kier molecular flexibility index (Phi) is 8.90. The molecule has 1 unspecified atom stereocenters. The van der Waals surface area contributed by atoms with Crippen LogP contribution in [-0.2, 0) is 25.5 Å². The first-order chi connectivity index (χ1) is 17.9. The summed E-state index contributed by atoms with van der Waals surface area (Å²) in [6, 6.07) is 14.7. The summed E-state index contributed by atoms with van der Waals surface area (Å²) in [7, 11) is 0. The highest BCUT2D eigenvalue weighted by Crippen LogP contribution is 2.34. The largest absolute Gasteiger partial charge is 0.481 e. The van der Waals surface area contributed by atoms with Gasteiger partial charge in [0.2, 0.25) is 17.5 Å². The molecule has 2 aromatic carbocycles. The maximum atomic E-state index is 13.3. The van der Waals surface area contributed by atoms with E-state index in [4.69, 9.17) is 10.5 Å². The Labute approximate surface area is 216 Å². The van der Waals surface area contributed by atoms with Gasteiger partial charge in [-0.1, -0.05) is 30.3 Å². The van der Waals surface area contributed by atoms with E-state index in [9.17, 15) is 19.5 Å². The fourth-order valence-corrected chi connectivity index (χ4v) is 5.01. The average molecular weight is 508 g/mol. The minimum absolute atomic E-state index is 0.0601. The van der Waals surface area contributed by atoms with Crippen molar-refractivity contribution in [3.63, 3.8) is 0 Å². The van der Waals surface area contributed by atoms with Crippen LogP contribution >= 0.6 is 0 Å². The zero-order valence-electron chi connectivity index (χ0n) is 20.9. The van der Waals surface area contributed by atoms with Gasteiger partial charge in [-0.25, -0.2) is 0 Å². The number of hydrogen-bond acceptors (Lipinski definition) is 5. The number of nitrogens with two attached hydrogens (primary N) is 1. The molecule has 2 bridgehead atoms. The summed E-state index contributed by atoms with van der Waals surface area (Å²) in [6.45, 7) is 1.96. The molecule has 4 rings (SSSR count). The van der Waals surface area contributed by atoms with Crippen LogP contribution in [0.1, 0.15) is 42.7 Å². The van der Waals surface area contributed by atoms with Gasteiger partial charge in [0.25, 0.3) is 0 Å². The second-order valence-corrected chi connectivity index (χ2v) is 9.64. The molecule has 37 heavy (non-hydrogen) atoms. The van der Waals surface area contributed by atoms with E-state index in [1.165, 1.54) is 0 Å². The predicted octanol–water partition coefficient (Wildman–Crippen LogP) is 2.22. The van der Waals surface area contributed by atoms with Crippen LogP contribution in [0, 0.1) is 5.92 Å². The highest BCUT2D eigenvalue weighted by atomic mass is 16.5. The van der Waals surface area contributed by atoms with Gasteiger partial charge in [-0.05, 0) is 43.4 Å². The van der Waals surface area contributed by atoms with Crippen molar-refractivity contribution in [2.75, 3.05) is 32.0 Å². The van der Waals surface area contributed by atoms with Gasteiger partial charge < -0.3 is 26.2 Å². The Balaban J connectivity index is 1.46. The molecule has 2 aliphatic heterocycles. The quantitative estimate of drug-likeness (QED) is 0.320. The van der Waals surface area contributed by atoms with Crippen LogP contribution < -0.4 is 16.4 Å². The Hall–Kier alpha value is -3.72. The predicted molar refractivity (Wildman–Crippen MR) is 140 cm³/mol. The molecule has 5 N–H and O–H groups in total. The summed E-state index contributed by atoms with van der Waals surface area (Å²) in [5.41, 5.74) is 9.67. The van der Waals surface area contributed by atoms with E-state index in [-0.39, 0.29) is 18.2 Å². The van der Waals surface area contributed by atoms with Gasteiger partial charge in [0.15, 0.2) is 12.8 Å². The second kappa shape index (κ2) is 12.5. The van der Waals surface area contributed by atoms with Crippen LogP contribution in [0.15, 0.2) is 48.5 Å². The maximum Gasteiger partial charge on any atom is 0.304 e. The Bertz CT molecular complexity index is 1150. The van der Waals surface area contributed by atoms with E-state index in [0.29, 0.717) is 57.7 Å². The van der Waals surface area contributed by atoms with Gasteiger partial charge in [-0.2, -0.15) is 4.58 Å². The van der Waals surface area contributed by atoms with E-state index in [2.05, 4.69) is 21.4 Å². The average Bonchev–Trinajstić information content (AvgIpc) is 3.22. The van der Waals surface area contributed by atoms with Crippen LogP contribution in [0.4, 0.5) is 11.4 Å². The second-order valence-electron chi connectivity index (χ2n) is 9.64. The molecule has 0 saturated carbocycles. The number of anilines is 1. The van der Waals surface area contributed by atoms with E-state index < -0.39 is 23.8 Å². The third kappa shape index (κ3) is 7.16. The number of nitrogen functional groups attached to an aromatic ring is 1. The molecule has 196 valence electrons. The van der Waals surface area contributed by atoms with Crippen molar-refractivity contribution < 1.29 is 28.8 Å². The molecule has 9 nitrogen and oxygen atoms in total. The molecule has 0 saturated heterocycles. The molecule has 0 spiro atoms. The summed E-state index contributed by atoms with van der Waals surface area (Å²) in [4.78, 5) is 37.9. The van der Waals surface area contributed by atoms with Crippen LogP contribution in [0.2, 0.25) is 0 Å². The van der Waals surface area contributed by atoms with Gasteiger partial charge in [0.05, 0.1) is 18.9 Å². The van der Waals surface area contributed by atoms with E-state index in [1.807, 2.05) is 48.5 Å². The molecule has 3 atom stereocenters. The number of nitrogens with zero attached hydrogens (tertiary/aromatic N) is 1. The first kappa shape index (κ1) is 26.3. The van der Waals surface area contributed by atoms with Gasteiger partial charge in [0, 0.05) is 29.8 Å². The van der Waals surface area contributed by atoms with Crippen molar-refractivity contribution in [2.45, 2.75) is 44.1 Å². The van der Waals surface area contributed by atoms with Crippen LogP contribution in [0.3, 0.4) is 0 Å². The van der Waals surface area contributed by atoms with Gasteiger partial charge >= 0.3 is 5.97 Å². The molecule has 2 heterocycles. The summed E-state index contributed by atoms with van der Waals surface area (Å²) >= 11 is 0. The molecular formula is C28H35N4O5+. The third-order valence-corrected chi connectivity index (χ3v) is 6.94. The summed E-state index contributed by atoms with van der Waals surface area (Å²) in [6.07, 6.45) is 3.93. The fourth-order valence-electron chi connectivity index (χ4n) is 5.01. The minimum atomic E-state index is -1.04. The lowest BCUT2D eigenvalue weighted by Gasteiger charge is -2.23. The molecule has 0 radical (unpaired) electrons. The number of aliphatic carboxylic acids is 1. The highest BCUT2D eigenvalue weighted by Gasteiger charge is 2.35. The van der Waals surface area contributed by atoms with Crippen molar-refractivity contribution in [3.05, 3.63) is 59.7 Å². The van der Waals surface area contributed by atoms with Crippen molar-refractivity contribution in [1.82, 2.24) is 10.6 Å². The monoisotopic (exact) mass is 507 g/mol. The number of fused-ring (bicyclic) bond motifs is 4. The first-order valence-electron chi connectivity index (χ1n) is 12.8. The molecule has 0 aromatic heterocycles. The van der Waals surface area contributed by atoms with Gasteiger partial charge in [-0.15, -0.1) is 0 Å². The number of ether oxygens (including phenoxy) is 1. The van der Waals surface area contributed by atoms with Gasteiger partial charge in [0.1, 0.15) is 12.6 Å². The number of carbonyl (C=O) groups excluding carboxylic acids is 2. The van der Waals surface area contributed by atoms with E-state index >= 15 is 0 Å². The smallest absolute Gasteiger partial charge is 0.304 e. The lowest BCUT2D eigenvalue weighted by atomic mass is 9.92. The zero-order valence-corrected chi connectivity index (χ0v) is 20.9. The maximum absolute atomic E-state index is 13.3. The molecular weight excluding hydrogens is 472 g/mol. The third-order valence-electron chi connectivity index (χ3n) is 6.94. The van der Waals surface area contributed by atoms with Crippen LogP contribution in [0.5, 0.6) is 0 Å². The lowest BCUT2D eigenvalue weighted by molar-refractivity contribution is -0.437. The van der Waals surface area contributed by atoms with Crippen molar-refractivity contribution in [1.29, 1.82) is 0 Å². The van der Waals surface area contributed by atoms with Crippen molar-refractivity contribution >= 4 is 35.4 Å². The molecule has 2 amide bonds. The first-order valence-corrected chi connectivity index (χ1v) is 12.8. The summed E-state index contributed by atoms with van der Waals surface area (Å²) in [5, 5.41) is 15.2. The molecule has 2 aromatic rings. The van der Waals surface area contributed by atoms with E-state index in [1.54, 1.807) is 0 Å². The molecule has 0 aliphatic carbocycles. The Morgan fingerprint density at radius 3 is 2.73 bits per heavy atom. The minimum Gasteiger partial charge on any atom is -0.481 e. The highest BCUT2D eigenvalue weighted by molar-refractivity contribution is 5.90. The Morgan fingerprint density at radius 1 is 1.16 bits per heavy atom. The number of carboxylic acids is 1. The van der Waals surface area contributed by atoms with E-state index in [0.717, 1.165) is 16.8 Å². The number of carbonyl (C=O) groups is 3. The summed E-state index contributed by atoms with van der Waals surface area (Å²) < 4.78 is 7.81. The summed E-state index contributed by atoms with van der Waals surface area (Å²) in [5.74, 6) is -2.54. The molecule has 2 aliphatic rings. The zero-order chi connectivity index (χ0) is 26.2. The number of benzene rings is 2. The van der Waals surface area contributed by atoms with Crippen molar-refractivity contribution in [2.24, 2.45) is 5.92 Å². The number of hydrogen-bond donors (Lipinski definition) is 4. The SMILES string of the molecule is Nc1ccc(CCC[C@H](CC(=O)O)C(=O)N[C@H]2CC3C=[N+](CCOCCNC2=O)c2ccccc23)cc1. The fraction of sp³-hybridized carbons (Fsp3) is 0.429. The lowest BCUT2D eigenvalue weighted by Crippen LogP contribution is -2.50. The number of amides is 2. The number of rotatable bonds is 8. The van der Waals surface area contributed by atoms with Gasteiger partial charge in [-0.3, -0.25) is 14.4 Å². The van der Waals surface area contributed by atoms with Crippen LogP contribution in [0.25, 0.3) is 0 Å². The standard InChI is InChI=1S/C28H34N4O5/c29-22-10-8-19(9-11-22)4-3-5-20(17-26(33)34)27(35)31-24-16-21-18-32(25-7-2-1-6-23(21)25)13-15-37-14-12-30-28(24)36/h1-2,6-11,18,20-21,24H,3-5,12-17,29H2,(H2-,30,31,33,34,35,36)/p+1/t20-,21?,24+/m1/s1. The number of aryl methyl sites for hydroxylation is 1. The number of nitrogens with one attached hydrogen (secondary N) is 2. The molecule has 9 heteroatoms. The number of para-hydroxylation sites is 1.